The first-order valence-electron chi connectivity index (χ1n) is 7.34. The molecular formula is C16H27N3. The lowest BCUT2D eigenvalue weighted by Gasteiger charge is -2.37. The van der Waals surface area contributed by atoms with Crippen LogP contribution in [0, 0.1) is 0 Å². The third kappa shape index (κ3) is 4.03. The van der Waals surface area contributed by atoms with Crippen molar-refractivity contribution in [2.75, 3.05) is 40.3 Å². The van der Waals surface area contributed by atoms with Crippen LogP contribution in [0.25, 0.3) is 0 Å². The van der Waals surface area contributed by atoms with Crippen LogP contribution in [-0.4, -0.2) is 56.1 Å². The molecule has 2 unspecified atom stereocenters. The van der Waals surface area contributed by atoms with E-state index < -0.39 is 0 Å². The molecular weight excluding hydrogens is 234 g/mol. The average Bonchev–Trinajstić information content (AvgIpc) is 2.46. The van der Waals surface area contributed by atoms with Crippen molar-refractivity contribution in [1.82, 2.24) is 9.80 Å². The minimum atomic E-state index is 0.460. The highest BCUT2D eigenvalue weighted by Gasteiger charge is 2.23. The van der Waals surface area contributed by atoms with Crippen LogP contribution in [-0.2, 0) is 0 Å². The van der Waals surface area contributed by atoms with Crippen molar-refractivity contribution in [2.24, 2.45) is 5.73 Å². The van der Waals surface area contributed by atoms with E-state index in [9.17, 15) is 0 Å². The van der Waals surface area contributed by atoms with Gasteiger partial charge in [-0.05, 0) is 39.0 Å². The number of rotatable bonds is 5. The van der Waals surface area contributed by atoms with E-state index in [1.54, 1.807) is 0 Å². The first kappa shape index (κ1) is 14.5. The van der Waals surface area contributed by atoms with Crippen LogP contribution in [0.3, 0.4) is 0 Å². The first-order valence-corrected chi connectivity index (χ1v) is 7.34. The molecule has 0 bridgehead atoms. The van der Waals surface area contributed by atoms with Crippen molar-refractivity contribution in [3.63, 3.8) is 0 Å². The number of hydrogen-bond donors (Lipinski definition) is 1. The third-order valence-electron chi connectivity index (χ3n) is 4.25. The number of likely N-dealkylation sites (tertiary alicyclic amines) is 1. The highest BCUT2D eigenvalue weighted by atomic mass is 15.2. The number of nitrogens with two attached hydrogens (primary N) is 1. The molecule has 1 saturated heterocycles. The van der Waals surface area contributed by atoms with Crippen LogP contribution in [0.4, 0.5) is 0 Å². The van der Waals surface area contributed by atoms with Gasteiger partial charge < -0.3 is 15.5 Å². The summed E-state index contributed by atoms with van der Waals surface area (Å²) in [6.07, 6.45) is 2.62. The van der Waals surface area contributed by atoms with Crippen LogP contribution in [0.5, 0.6) is 0 Å². The van der Waals surface area contributed by atoms with Crippen LogP contribution < -0.4 is 5.73 Å². The monoisotopic (exact) mass is 261 g/mol. The molecule has 19 heavy (non-hydrogen) atoms. The number of benzene rings is 1. The molecule has 0 spiro atoms. The predicted octanol–water partition coefficient (Wildman–Crippen LogP) is 1.75. The zero-order valence-electron chi connectivity index (χ0n) is 12.3. The smallest absolute Gasteiger partial charge is 0.0217 e. The van der Waals surface area contributed by atoms with Crippen molar-refractivity contribution in [1.29, 1.82) is 0 Å². The summed E-state index contributed by atoms with van der Waals surface area (Å²) >= 11 is 0. The Hall–Kier alpha value is -0.900. The van der Waals surface area contributed by atoms with Gasteiger partial charge in [-0.1, -0.05) is 30.3 Å². The molecule has 1 aromatic carbocycles. The van der Waals surface area contributed by atoms with Crippen molar-refractivity contribution >= 4 is 0 Å². The molecule has 0 aromatic heterocycles. The van der Waals surface area contributed by atoms with Gasteiger partial charge in [0.1, 0.15) is 0 Å². The highest BCUT2D eigenvalue weighted by Crippen LogP contribution is 2.20. The molecule has 1 aliphatic heterocycles. The van der Waals surface area contributed by atoms with Crippen molar-refractivity contribution in [2.45, 2.75) is 24.8 Å². The molecule has 3 heteroatoms. The van der Waals surface area contributed by atoms with Gasteiger partial charge in [0.15, 0.2) is 0 Å². The second-order valence-corrected chi connectivity index (χ2v) is 5.86. The van der Waals surface area contributed by atoms with E-state index in [0.717, 1.165) is 13.1 Å². The largest absolute Gasteiger partial charge is 0.330 e. The van der Waals surface area contributed by atoms with Crippen LogP contribution in [0.2, 0.25) is 0 Å². The van der Waals surface area contributed by atoms with Gasteiger partial charge in [0.05, 0.1) is 0 Å². The van der Waals surface area contributed by atoms with Gasteiger partial charge in [-0.3, -0.25) is 0 Å². The Labute approximate surface area is 117 Å². The van der Waals surface area contributed by atoms with E-state index in [2.05, 4.69) is 54.2 Å². The summed E-state index contributed by atoms with van der Waals surface area (Å²) in [6.45, 7) is 4.21. The lowest BCUT2D eigenvalue weighted by Crippen LogP contribution is -2.46. The molecule has 0 radical (unpaired) electrons. The van der Waals surface area contributed by atoms with Gasteiger partial charge in [0.25, 0.3) is 0 Å². The molecule has 0 saturated carbocycles. The fourth-order valence-corrected chi connectivity index (χ4v) is 2.97. The van der Waals surface area contributed by atoms with E-state index in [1.165, 1.54) is 31.5 Å². The Balaban J connectivity index is 1.95. The normalized spacial score (nSPS) is 22.6. The van der Waals surface area contributed by atoms with Gasteiger partial charge in [-0.2, -0.15) is 0 Å². The molecule has 1 fully saturated rings. The number of nitrogens with zero attached hydrogens (tertiary/aromatic N) is 2. The van der Waals surface area contributed by atoms with Crippen molar-refractivity contribution in [3.8, 4) is 0 Å². The molecule has 1 aromatic rings. The Kier molecular flexibility index (Phi) is 5.37. The maximum Gasteiger partial charge on any atom is 0.0217 e. The zero-order chi connectivity index (χ0) is 13.7. The fraction of sp³-hybridized carbons (Fsp3) is 0.625. The molecule has 0 amide bonds. The topological polar surface area (TPSA) is 32.5 Å². The van der Waals surface area contributed by atoms with Gasteiger partial charge in [-0.25, -0.2) is 0 Å². The number of likely N-dealkylation sites (N-methyl/N-ethyl adjacent to an activating group) is 1. The standard InChI is InChI=1S/C16H27N3/c1-18(2)16-9-6-10-19(13-16)12-15(11-17)14-7-4-3-5-8-14/h3-5,7-8,15-16H,6,9-13,17H2,1-2H3. The van der Waals surface area contributed by atoms with Crippen LogP contribution >= 0.6 is 0 Å². The van der Waals surface area contributed by atoms with Crippen molar-refractivity contribution < 1.29 is 0 Å². The zero-order valence-corrected chi connectivity index (χ0v) is 12.3. The summed E-state index contributed by atoms with van der Waals surface area (Å²) in [5.74, 6) is 0.460. The van der Waals surface area contributed by atoms with E-state index in [1.807, 2.05) is 0 Å². The molecule has 2 rings (SSSR count). The Bertz CT molecular complexity index is 364. The molecule has 106 valence electrons. The average molecular weight is 261 g/mol. The quantitative estimate of drug-likeness (QED) is 0.876. The minimum absolute atomic E-state index is 0.460. The fourth-order valence-electron chi connectivity index (χ4n) is 2.97. The summed E-state index contributed by atoms with van der Waals surface area (Å²) < 4.78 is 0. The third-order valence-corrected chi connectivity index (χ3v) is 4.25. The van der Waals surface area contributed by atoms with Gasteiger partial charge in [-0.15, -0.1) is 0 Å². The van der Waals surface area contributed by atoms with E-state index >= 15 is 0 Å². The SMILES string of the molecule is CN(C)C1CCCN(CC(CN)c2ccccc2)C1. The number of piperidine rings is 1. The predicted molar refractivity (Wildman–Crippen MR) is 81.4 cm³/mol. The molecule has 2 N–H and O–H groups in total. The molecule has 0 aliphatic carbocycles. The first-order chi connectivity index (χ1) is 9.20. The maximum absolute atomic E-state index is 5.98. The van der Waals surface area contributed by atoms with Crippen LogP contribution in [0.1, 0.15) is 24.3 Å². The summed E-state index contributed by atoms with van der Waals surface area (Å²) in [6, 6.07) is 11.4. The minimum Gasteiger partial charge on any atom is -0.330 e. The van der Waals surface area contributed by atoms with Crippen molar-refractivity contribution in [3.05, 3.63) is 35.9 Å². The Morgan fingerprint density at radius 3 is 2.68 bits per heavy atom. The molecule has 3 nitrogen and oxygen atoms in total. The number of hydrogen-bond acceptors (Lipinski definition) is 3. The highest BCUT2D eigenvalue weighted by molar-refractivity contribution is 5.20. The summed E-state index contributed by atoms with van der Waals surface area (Å²) in [4.78, 5) is 4.94. The maximum atomic E-state index is 5.98. The van der Waals surface area contributed by atoms with Gasteiger partial charge in [0, 0.05) is 31.6 Å². The summed E-state index contributed by atoms with van der Waals surface area (Å²) in [5.41, 5.74) is 7.35. The summed E-state index contributed by atoms with van der Waals surface area (Å²) in [7, 11) is 4.37. The summed E-state index contributed by atoms with van der Waals surface area (Å²) in [5, 5.41) is 0. The molecule has 2 atom stereocenters. The lowest BCUT2D eigenvalue weighted by atomic mass is 9.96. The molecule has 1 heterocycles. The van der Waals surface area contributed by atoms with E-state index in [0.29, 0.717) is 12.0 Å². The Morgan fingerprint density at radius 2 is 2.05 bits per heavy atom. The van der Waals surface area contributed by atoms with E-state index in [4.69, 9.17) is 5.73 Å². The van der Waals surface area contributed by atoms with Gasteiger partial charge in [0.2, 0.25) is 0 Å². The van der Waals surface area contributed by atoms with Crippen LogP contribution in [0.15, 0.2) is 30.3 Å². The van der Waals surface area contributed by atoms with E-state index in [-0.39, 0.29) is 0 Å². The lowest BCUT2D eigenvalue weighted by molar-refractivity contribution is 0.128. The molecule has 1 aliphatic rings. The second-order valence-electron chi connectivity index (χ2n) is 5.86. The Morgan fingerprint density at radius 1 is 1.32 bits per heavy atom. The second kappa shape index (κ2) is 7.04. The van der Waals surface area contributed by atoms with Gasteiger partial charge >= 0.3 is 0 Å².